The lowest BCUT2D eigenvalue weighted by Crippen LogP contribution is -2.46. The molecule has 1 saturated carbocycles. The number of hydrogen-bond acceptors (Lipinski definition) is 3. The van der Waals surface area contributed by atoms with Crippen molar-refractivity contribution in [3.05, 3.63) is 21.9 Å². The second-order valence-electron chi connectivity index (χ2n) is 5.87. The van der Waals surface area contributed by atoms with E-state index in [0.29, 0.717) is 6.04 Å². The molecule has 0 radical (unpaired) electrons. The molecule has 1 aromatic rings. The van der Waals surface area contributed by atoms with Crippen molar-refractivity contribution in [3.8, 4) is 0 Å². The van der Waals surface area contributed by atoms with E-state index >= 15 is 0 Å². The predicted octanol–water partition coefficient (Wildman–Crippen LogP) is 4.84. The van der Waals surface area contributed by atoms with Gasteiger partial charge in [-0.1, -0.05) is 32.6 Å². The first kappa shape index (κ1) is 16.0. The van der Waals surface area contributed by atoms with Crippen molar-refractivity contribution < 1.29 is 4.74 Å². The second kappa shape index (κ2) is 7.58. The normalized spacial score (nSPS) is 20.6. The maximum atomic E-state index is 6.39. The zero-order valence-corrected chi connectivity index (χ0v) is 14.0. The van der Waals surface area contributed by atoms with E-state index < -0.39 is 0 Å². The van der Waals surface area contributed by atoms with Crippen LogP contribution in [0.4, 0.5) is 0 Å². The fourth-order valence-corrected chi connectivity index (χ4v) is 4.64. The number of aryl methyl sites for hydroxylation is 1. The highest BCUT2D eigenvalue weighted by atomic mass is 32.1. The van der Waals surface area contributed by atoms with Gasteiger partial charge in [0, 0.05) is 11.5 Å². The van der Waals surface area contributed by atoms with E-state index in [2.05, 4.69) is 37.5 Å². The Kier molecular flexibility index (Phi) is 6.06. The number of ether oxygens (including phenoxy) is 1. The molecule has 114 valence electrons. The van der Waals surface area contributed by atoms with Crippen LogP contribution in [-0.2, 0) is 4.74 Å². The minimum Gasteiger partial charge on any atom is -0.373 e. The van der Waals surface area contributed by atoms with Gasteiger partial charge in [0.1, 0.15) is 0 Å². The molecule has 1 aliphatic rings. The largest absolute Gasteiger partial charge is 0.373 e. The van der Waals surface area contributed by atoms with Crippen molar-refractivity contribution in [1.82, 2.24) is 5.32 Å². The molecule has 1 heterocycles. The molecule has 0 aromatic carbocycles. The summed E-state index contributed by atoms with van der Waals surface area (Å²) in [6, 6.07) is 2.59. The average Bonchev–Trinajstić information content (AvgIpc) is 2.72. The summed E-state index contributed by atoms with van der Waals surface area (Å²) < 4.78 is 6.39. The Morgan fingerprint density at radius 3 is 2.45 bits per heavy atom. The fraction of sp³-hybridized carbons (Fsp3) is 0.765. The molecule has 0 aliphatic heterocycles. The van der Waals surface area contributed by atoms with E-state index in [1.807, 2.05) is 11.3 Å². The summed E-state index contributed by atoms with van der Waals surface area (Å²) in [7, 11) is 0. The van der Waals surface area contributed by atoms with Crippen molar-refractivity contribution >= 4 is 11.3 Å². The maximum absolute atomic E-state index is 6.39. The van der Waals surface area contributed by atoms with Gasteiger partial charge >= 0.3 is 0 Å². The van der Waals surface area contributed by atoms with Gasteiger partial charge in [-0.3, -0.25) is 0 Å². The molecule has 1 fully saturated rings. The van der Waals surface area contributed by atoms with Crippen LogP contribution in [0, 0.1) is 6.92 Å². The van der Waals surface area contributed by atoms with Crippen molar-refractivity contribution in [1.29, 1.82) is 0 Å². The molecule has 1 aromatic heterocycles. The van der Waals surface area contributed by atoms with Gasteiger partial charge in [0.2, 0.25) is 0 Å². The molecule has 1 N–H and O–H groups in total. The van der Waals surface area contributed by atoms with Crippen molar-refractivity contribution in [2.24, 2.45) is 0 Å². The highest BCUT2D eigenvalue weighted by Crippen LogP contribution is 2.43. The van der Waals surface area contributed by atoms with Crippen LogP contribution in [0.3, 0.4) is 0 Å². The molecular formula is C17H29NOS. The first-order valence-electron chi connectivity index (χ1n) is 8.15. The minimum atomic E-state index is -0.00310. The van der Waals surface area contributed by atoms with Crippen molar-refractivity contribution in [2.75, 3.05) is 13.2 Å². The Hall–Kier alpha value is -0.380. The number of rotatable bonds is 6. The Morgan fingerprint density at radius 2 is 1.95 bits per heavy atom. The van der Waals surface area contributed by atoms with Crippen LogP contribution in [0.2, 0.25) is 0 Å². The van der Waals surface area contributed by atoms with Gasteiger partial charge in [0.15, 0.2) is 0 Å². The Balaban J connectivity index is 2.33. The van der Waals surface area contributed by atoms with E-state index in [9.17, 15) is 0 Å². The Bertz CT molecular complexity index is 393. The molecule has 0 saturated heterocycles. The van der Waals surface area contributed by atoms with Crippen LogP contribution >= 0.6 is 11.3 Å². The lowest BCUT2D eigenvalue weighted by Gasteiger charge is -2.40. The van der Waals surface area contributed by atoms with Gasteiger partial charge in [-0.05, 0) is 50.2 Å². The first-order valence-corrected chi connectivity index (χ1v) is 9.03. The molecule has 1 atom stereocenters. The van der Waals surface area contributed by atoms with Crippen LogP contribution < -0.4 is 5.32 Å². The van der Waals surface area contributed by atoms with Crippen LogP contribution in [-0.4, -0.2) is 18.8 Å². The highest BCUT2D eigenvalue weighted by Gasteiger charge is 2.41. The molecule has 1 aliphatic carbocycles. The summed E-state index contributed by atoms with van der Waals surface area (Å²) in [5.74, 6) is 0. The van der Waals surface area contributed by atoms with Gasteiger partial charge in [-0.2, -0.15) is 0 Å². The Morgan fingerprint density at radius 1 is 1.25 bits per heavy atom. The van der Waals surface area contributed by atoms with Crippen molar-refractivity contribution in [3.63, 3.8) is 0 Å². The lowest BCUT2D eigenvalue weighted by atomic mass is 9.84. The topological polar surface area (TPSA) is 21.3 Å². The minimum absolute atomic E-state index is 0.00310. The van der Waals surface area contributed by atoms with E-state index in [1.165, 1.54) is 49.0 Å². The Labute approximate surface area is 127 Å². The van der Waals surface area contributed by atoms with E-state index in [-0.39, 0.29) is 5.60 Å². The number of hydrogen-bond donors (Lipinski definition) is 1. The standard InChI is InChI=1S/C17H29NOS/c1-4-18-16(15-14(3)10-13-20-15)17(19-5-2)11-8-6-7-9-12-17/h10,13,16,18H,4-9,11-12H2,1-3H3. The third-order valence-electron chi connectivity index (χ3n) is 4.48. The molecule has 2 rings (SSSR count). The summed E-state index contributed by atoms with van der Waals surface area (Å²) in [4.78, 5) is 1.47. The van der Waals surface area contributed by atoms with E-state index in [1.54, 1.807) is 0 Å². The maximum Gasteiger partial charge on any atom is 0.0884 e. The number of likely N-dealkylation sites (N-methyl/N-ethyl adjacent to an activating group) is 1. The summed E-state index contributed by atoms with van der Waals surface area (Å²) in [6.07, 6.45) is 7.69. The number of thiophene rings is 1. The molecule has 3 heteroatoms. The molecule has 2 nitrogen and oxygen atoms in total. The van der Waals surface area contributed by atoms with Crippen LogP contribution in [0.25, 0.3) is 0 Å². The van der Waals surface area contributed by atoms with Gasteiger partial charge < -0.3 is 10.1 Å². The molecule has 0 bridgehead atoms. The third-order valence-corrected chi connectivity index (χ3v) is 5.56. The van der Waals surface area contributed by atoms with Crippen LogP contribution in [0.15, 0.2) is 11.4 Å². The van der Waals surface area contributed by atoms with Gasteiger partial charge in [-0.25, -0.2) is 0 Å². The smallest absolute Gasteiger partial charge is 0.0884 e. The van der Waals surface area contributed by atoms with Gasteiger partial charge in [0.25, 0.3) is 0 Å². The van der Waals surface area contributed by atoms with E-state index in [4.69, 9.17) is 4.74 Å². The van der Waals surface area contributed by atoms with Gasteiger partial charge in [-0.15, -0.1) is 11.3 Å². The van der Waals surface area contributed by atoms with E-state index in [0.717, 1.165) is 13.2 Å². The highest BCUT2D eigenvalue weighted by molar-refractivity contribution is 7.10. The summed E-state index contributed by atoms with van der Waals surface area (Å²) in [5.41, 5.74) is 1.40. The third kappa shape index (κ3) is 3.44. The molecule has 0 spiro atoms. The van der Waals surface area contributed by atoms with Crippen LogP contribution in [0.5, 0.6) is 0 Å². The zero-order chi connectivity index (χ0) is 14.4. The SMILES string of the molecule is CCNC(c1sccc1C)C1(OCC)CCCCCC1. The zero-order valence-electron chi connectivity index (χ0n) is 13.2. The molecule has 0 amide bonds. The second-order valence-corrected chi connectivity index (χ2v) is 6.82. The fourth-order valence-electron chi connectivity index (χ4n) is 3.53. The first-order chi connectivity index (χ1) is 9.73. The van der Waals surface area contributed by atoms with Crippen molar-refractivity contribution in [2.45, 2.75) is 70.9 Å². The number of nitrogens with one attached hydrogen (secondary N) is 1. The lowest BCUT2D eigenvalue weighted by molar-refractivity contribution is -0.0772. The molecular weight excluding hydrogens is 266 g/mol. The predicted molar refractivity (Wildman–Crippen MR) is 87.5 cm³/mol. The average molecular weight is 295 g/mol. The van der Waals surface area contributed by atoms with Crippen LogP contribution in [0.1, 0.15) is 68.9 Å². The molecule has 20 heavy (non-hydrogen) atoms. The molecule has 1 unspecified atom stereocenters. The summed E-state index contributed by atoms with van der Waals surface area (Å²) in [6.45, 7) is 8.37. The van der Waals surface area contributed by atoms with Gasteiger partial charge in [0.05, 0.1) is 11.6 Å². The summed E-state index contributed by atoms with van der Waals surface area (Å²) in [5, 5.41) is 5.95. The quantitative estimate of drug-likeness (QED) is 0.758. The monoisotopic (exact) mass is 295 g/mol. The summed E-state index contributed by atoms with van der Waals surface area (Å²) >= 11 is 1.88.